The Morgan fingerprint density at radius 1 is 0.962 bits per heavy atom. The molecule has 7 aliphatic rings. The van der Waals surface area contributed by atoms with Crippen LogP contribution in [0.3, 0.4) is 0 Å². The van der Waals surface area contributed by atoms with E-state index in [2.05, 4.69) is 26.6 Å². The Morgan fingerprint density at radius 3 is 2.38 bits per heavy atom. The summed E-state index contributed by atoms with van der Waals surface area (Å²) in [5.41, 5.74) is -4.06. The lowest BCUT2D eigenvalue weighted by atomic mass is 9.47. The average Bonchev–Trinajstić information content (AvgIpc) is 2.24. The van der Waals surface area contributed by atoms with Gasteiger partial charge in [-0.3, -0.25) is 38.3 Å². The number of imide groups is 1. The number of amides is 3. The number of unbranched alkanes of at least 4 members (excludes halogenated alkanes) is 1. The monoisotopic (exact) mass is 1110 g/mol. The Labute approximate surface area is 456 Å². The molecule has 3 amide bonds. The van der Waals surface area contributed by atoms with E-state index in [1.54, 1.807) is 12.1 Å². The zero-order chi connectivity index (χ0) is 56.8. The molecule has 2 unspecified atom stereocenters. The Morgan fingerprint density at radius 2 is 1.72 bits per heavy atom. The van der Waals surface area contributed by atoms with Gasteiger partial charge in [0, 0.05) is 96.6 Å². The first kappa shape index (κ1) is 55.6. The minimum Gasteiger partial charge on any atom is -0.496 e. The number of methoxy groups -OCH3 is 3. The van der Waals surface area contributed by atoms with Gasteiger partial charge in [0.1, 0.15) is 11.2 Å². The Balaban J connectivity index is 1.11. The molecule has 3 saturated heterocycles. The quantitative estimate of drug-likeness (QED) is 0.0280. The van der Waals surface area contributed by atoms with Crippen LogP contribution in [0, 0.1) is 23.2 Å². The lowest BCUT2D eigenvalue weighted by Gasteiger charge is -2.63. The third kappa shape index (κ3) is 8.46. The highest BCUT2D eigenvalue weighted by atomic mass is 32.2. The van der Waals surface area contributed by atoms with Crippen LogP contribution in [0.25, 0.3) is 10.9 Å². The van der Waals surface area contributed by atoms with E-state index in [0.717, 1.165) is 18.1 Å². The molecule has 22 nitrogen and oxygen atoms in total. The molecule has 3 aromatic rings. The third-order valence-electron chi connectivity index (χ3n) is 18.1. The summed E-state index contributed by atoms with van der Waals surface area (Å²) in [4.78, 5) is 109. The number of carbonyl (C=O) groups excluding carboxylic acids is 7. The summed E-state index contributed by atoms with van der Waals surface area (Å²) in [5, 5.41) is 24.4. The van der Waals surface area contributed by atoms with Crippen LogP contribution in [0.1, 0.15) is 107 Å². The van der Waals surface area contributed by atoms with Crippen LogP contribution in [0.15, 0.2) is 42.5 Å². The van der Waals surface area contributed by atoms with Crippen molar-refractivity contribution in [2.24, 2.45) is 11.3 Å². The number of aromatic nitrogens is 1. The van der Waals surface area contributed by atoms with Gasteiger partial charge in [-0.15, -0.1) is 5.06 Å². The zero-order valence-corrected chi connectivity index (χ0v) is 45.7. The summed E-state index contributed by atoms with van der Waals surface area (Å²) in [7, 11) is -0.978. The van der Waals surface area contributed by atoms with Gasteiger partial charge >= 0.3 is 23.9 Å². The molecule has 2 aromatic carbocycles. The van der Waals surface area contributed by atoms with Gasteiger partial charge < -0.3 is 43.9 Å². The summed E-state index contributed by atoms with van der Waals surface area (Å²) in [6.07, 6.45) is 4.09. The largest absolute Gasteiger partial charge is 0.496 e. The fraction of sp³-hybridized carbons (Fsp3) is 0.554. The lowest BCUT2D eigenvalue weighted by Crippen LogP contribution is -2.81. The number of ether oxygens (including phenoxy) is 4. The molecule has 10 rings (SSSR count). The Hall–Kier alpha value is -6.68. The molecule has 1 spiro atoms. The number of fused-ring (bicyclic) bond motifs is 6. The number of aliphatic hydroxyl groups is 2. The first-order chi connectivity index (χ1) is 37.5. The molecule has 1 saturated carbocycles. The van der Waals surface area contributed by atoms with E-state index in [1.165, 1.54) is 26.0 Å². The van der Waals surface area contributed by atoms with E-state index in [1.807, 2.05) is 44.2 Å². The van der Waals surface area contributed by atoms with Crippen molar-refractivity contribution >= 4 is 68.8 Å². The van der Waals surface area contributed by atoms with Gasteiger partial charge in [0.2, 0.25) is 12.0 Å². The van der Waals surface area contributed by atoms with Crippen LogP contribution in [0.5, 0.6) is 5.75 Å². The summed E-state index contributed by atoms with van der Waals surface area (Å²) in [5.74, 6) is 0.233. The number of benzene rings is 2. The van der Waals surface area contributed by atoms with Gasteiger partial charge in [0.25, 0.3) is 21.9 Å². The van der Waals surface area contributed by atoms with E-state index >= 15 is 4.79 Å². The molecule has 2 bridgehead atoms. The van der Waals surface area contributed by atoms with Crippen molar-refractivity contribution in [2.45, 2.75) is 130 Å². The maximum atomic E-state index is 15.7. The first-order valence-corrected chi connectivity index (χ1v) is 28.1. The highest BCUT2D eigenvalue weighted by Gasteiger charge is 2.81. The smallest absolute Gasteiger partial charge is 0.344 e. The molecular formula is C56H65N5O17S. The van der Waals surface area contributed by atoms with Crippen molar-refractivity contribution in [2.75, 3.05) is 59.0 Å². The maximum Gasteiger partial charge on any atom is 0.344 e. The van der Waals surface area contributed by atoms with Crippen LogP contribution < -0.4 is 9.64 Å². The van der Waals surface area contributed by atoms with Crippen molar-refractivity contribution in [1.82, 2.24) is 19.8 Å². The number of H-pyrrole nitrogens is 1. The van der Waals surface area contributed by atoms with Crippen LogP contribution in [-0.4, -0.2) is 174 Å². The molecule has 23 heteroatoms. The molecular weight excluding hydrogens is 1050 g/mol. The minimum absolute atomic E-state index is 0.0595. The molecule has 1 aliphatic carbocycles. The van der Waals surface area contributed by atoms with Gasteiger partial charge in [-0.2, -0.15) is 8.42 Å². The van der Waals surface area contributed by atoms with E-state index in [4.69, 9.17) is 23.8 Å². The van der Waals surface area contributed by atoms with Gasteiger partial charge in [-0.05, 0) is 92.8 Å². The SMILES string of the molecule is CC[C@]1(O)C[C@@H]2CN(CCc3c([nH]c4ccc(C#CCCCC(=O)ON5C(=O)CC(S(=O)(=O)O)C5=O)cc34)[C@@](C(=O)OC)(c3cc4c(cc3OC)N(C=O)[C@H]3[C@@](O)(C(=O)OC)[C@H](OC(C)=O)[C@]5(CC)C=CCN6CC[C@]43[C@@H]65)C2)C1. The van der Waals surface area contributed by atoms with Crippen LogP contribution in [0.2, 0.25) is 0 Å². The van der Waals surface area contributed by atoms with Gasteiger partial charge in [-0.1, -0.05) is 37.8 Å². The number of hydroxylamine groups is 2. The molecule has 4 fully saturated rings. The fourth-order valence-corrected chi connectivity index (χ4v) is 15.7. The maximum absolute atomic E-state index is 15.7. The van der Waals surface area contributed by atoms with Crippen molar-refractivity contribution in [1.29, 1.82) is 0 Å². The highest BCUT2D eigenvalue weighted by molar-refractivity contribution is 7.87. The summed E-state index contributed by atoms with van der Waals surface area (Å²) < 4.78 is 56.2. The van der Waals surface area contributed by atoms with Crippen molar-refractivity contribution < 1.29 is 80.5 Å². The molecule has 422 valence electrons. The second-order valence-electron chi connectivity index (χ2n) is 22.2. The number of hydrogen-bond acceptors (Lipinski definition) is 18. The Kier molecular flexibility index (Phi) is 14.2. The predicted molar refractivity (Wildman–Crippen MR) is 279 cm³/mol. The number of nitrogens with zero attached hydrogens (tertiary/aromatic N) is 4. The highest BCUT2D eigenvalue weighted by Crippen LogP contribution is 2.68. The molecule has 0 radical (unpaired) electrons. The van der Waals surface area contributed by atoms with Crippen molar-refractivity contribution in [3.63, 3.8) is 0 Å². The number of piperidine rings is 1. The van der Waals surface area contributed by atoms with Crippen LogP contribution in [-0.2, 0) is 80.0 Å². The summed E-state index contributed by atoms with van der Waals surface area (Å²) >= 11 is 0. The number of aromatic amines is 1. The second kappa shape index (κ2) is 20.1. The number of anilines is 1. The molecule has 79 heavy (non-hydrogen) atoms. The summed E-state index contributed by atoms with van der Waals surface area (Å²) in [6.45, 7) is 7.45. The van der Waals surface area contributed by atoms with E-state index in [9.17, 15) is 52.0 Å². The molecule has 11 atom stereocenters. The van der Waals surface area contributed by atoms with Crippen molar-refractivity contribution in [3.8, 4) is 17.6 Å². The topological polar surface area (TPSA) is 289 Å². The number of carbonyl (C=O) groups is 7. The normalized spacial score (nSPS) is 32.5. The van der Waals surface area contributed by atoms with Crippen molar-refractivity contribution in [3.05, 3.63) is 70.4 Å². The number of rotatable bonds is 13. The molecule has 1 aromatic heterocycles. The molecule has 7 heterocycles. The van der Waals surface area contributed by atoms with E-state index in [0.29, 0.717) is 105 Å². The molecule has 4 N–H and O–H groups in total. The summed E-state index contributed by atoms with van der Waals surface area (Å²) in [6, 6.07) is 7.18. The lowest BCUT2D eigenvalue weighted by molar-refractivity contribution is -0.228. The average molecular weight is 1110 g/mol. The second-order valence-corrected chi connectivity index (χ2v) is 23.8. The predicted octanol–water partition coefficient (Wildman–Crippen LogP) is 2.51. The third-order valence-corrected chi connectivity index (χ3v) is 19.2. The number of hydrogen-bond donors (Lipinski definition) is 4. The zero-order valence-electron chi connectivity index (χ0n) is 44.9. The number of nitrogens with one attached hydrogen (secondary N) is 1. The van der Waals surface area contributed by atoms with Crippen LogP contribution in [0.4, 0.5) is 5.69 Å². The van der Waals surface area contributed by atoms with E-state index < -0.39 is 103 Å². The minimum atomic E-state index is -4.89. The van der Waals surface area contributed by atoms with Crippen LogP contribution >= 0.6 is 0 Å². The van der Waals surface area contributed by atoms with Gasteiger partial charge in [-0.25, -0.2) is 9.59 Å². The molecule has 6 aliphatic heterocycles. The standard InChI is InChI=1S/C56H65N5O17S/c1-7-52(69)27-34-28-55(50(67)75-5,45-35(17-21-58(29-34)30-52)36-23-33(15-16-39(36)57-45)13-10-9-11-14-44(65)78-61-43(64)26-42(46(61)66)79(71,72)73)38-24-37-40(25-41(38)74-4)60(31-62)48-54(37)19-22-59-20-12-18-53(8-2,47(54)59)49(77-32(3)63)56(48,70)51(68)76-6/h12,15-16,18,23-25,31,34,42,47-49,57,69-70H,7-9,11,14,17,19-22,26-30H2,1-6H3,(H,71,72,73)/t34-,42?,47-,48+,49+,52-,53+,54+,55-,56-/m0/s1. The van der Waals surface area contributed by atoms with E-state index in [-0.39, 0.29) is 42.4 Å². The van der Waals surface area contributed by atoms with Gasteiger partial charge in [0.05, 0.1) is 45.1 Å². The van der Waals surface area contributed by atoms with Gasteiger partial charge in [0.15, 0.2) is 11.4 Å². The first-order valence-electron chi connectivity index (χ1n) is 26.6. The number of esters is 3. The fourth-order valence-electron chi connectivity index (χ4n) is 15.0. The Bertz CT molecular complexity index is 3290.